The minimum Gasteiger partial charge on any atom is -0.441 e. The average molecular weight is 291 g/mol. The second-order valence-corrected chi connectivity index (χ2v) is 6.36. The molecule has 0 saturated heterocycles. The molecule has 1 aliphatic carbocycles. The summed E-state index contributed by atoms with van der Waals surface area (Å²) < 4.78 is 5.95. The van der Waals surface area contributed by atoms with Crippen LogP contribution < -0.4 is 0 Å². The Balaban J connectivity index is 1.60. The molecule has 2 heteroatoms. The van der Waals surface area contributed by atoms with E-state index in [0.29, 0.717) is 0 Å². The molecule has 1 aromatic heterocycles. The van der Waals surface area contributed by atoms with E-state index in [2.05, 4.69) is 42.5 Å². The van der Waals surface area contributed by atoms with Crippen molar-refractivity contribution in [1.82, 2.24) is 4.98 Å². The van der Waals surface area contributed by atoms with Gasteiger partial charge in [-0.2, -0.15) is 0 Å². The van der Waals surface area contributed by atoms with Gasteiger partial charge in [0.05, 0.1) is 0 Å². The highest BCUT2D eigenvalue weighted by atomic mass is 16.3. The minimum absolute atomic E-state index is 0.760. The van der Waals surface area contributed by atoms with E-state index in [1.54, 1.807) is 0 Å². The Bertz CT molecular complexity index is 754. The molecule has 0 spiro atoms. The molecule has 0 radical (unpaired) electrons. The van der Waals surface area contributed by atoms with Gasteiger partial charge >= 0.3 is 0 Å². The number of hydrogen-bond donors (Lipinski definition) is 0. The molecular formula is C20H21NO. The van der Waals surface area contributed by atoms with Crippen molar-refractivity contribution in [2.75, 3.05) is 0 Å². The number of benzene rings is 2. The molecule has 112 valence electrons. The maximum atomic E-state index is 5.95. The number of oxazole rings is 1. The summed E-state index contributed by atoms with van der Waals surface area (Å²) in [6.07, 6.45) is 7.77. The monoisotopic (exact) mass is 291 g/mol. The van der Waals surface area contributed by atoms with Gasteiger partial charge in [-0.15, -0.1) is 0 Å². The molecule has 22 heavy (non-hydrogen) atoms. The summed E-state index contributed by atoms with van der Waals surface area (Å²) in [7, 11) is 0. The summed E-state index contributed by atoms with van der Waals surface area (Å²) in [4.78, 5) is 4.73. The third-order valence-corrected chi connectivity index (χ3v) is 4.73. The summed E-state index contributed by atoms with van der Waals surface area (Å²) in [6.45, 7) is 0. The number of aromatic nitrogens is 1. The molecule has 0 amide bonds. The summed E-state index contributed by atoms with van der Waals surface area (Å²) in [5, 5.41) is 0. The van der Waals surface area contributed by atoms with Crippen LogP contribution in [0.3, 0.4) is 0 Å². The quantitative estimate of drug-likeness (QED) is 0.626. The Labute approximate surface area is 131 Å². The van der Waals surface area contributed by atoms with Crippen LogP contribution in [0.1, 0.15) is 38.0 Å². The summed E-state index contributed by atoms with van der Waals surface area (Å²) in [6, 6.07) is 16.7. The number of hydrogen-bond acceptors (Lipinski definition) is 2. The molecule has 0 unspecified atom stereocenters. The van der Waals surface area contributed by atoms with Gasteiger partial charge in [-0.1, -0.05) is 55.7 Å². The number of rotatable bonds is 3. The molecule has 1 saturated carbocycles. The van der Waals surface area contributed by atoms with Gasteiger partial charge in [-0.3, -0.25) is 0 Å². The van der Waals surface area contributed by atoms with Crippen molar-refractivity contribution in [1.29, 1.82) is 0 Å². The van der Waals surface area contributed by atoms with E-state index in [1.165, 1.54) is 43.2 Å². The van der Waals surface area contributed by atoms with Crippen LogP contribution in [0.2, 0.25) is 0 Å². The minimum atomic E-state index is 0.760. The first kappa shape index (κ1) is 13.6. The Morgan fingerprint density at radius 1 is 0.909 bits per heavy atom. The van der Waals surface area contributed by atoms with E-state index in [1.807, 2.05) is 6.07 Å². The van der Waals surface area contributed by atoms with Gasteiger partial charge in [0.25, 0.3) is 0 Å². The van der Waals surface area contributed by atoms with Gasteiger partial charge in [0.1, 0.15) is 5.52 Å². The molecule has 3 aromatic rings. The highest BCUT2D eigenvalue weighted by molar-refractivity contribution is 5.80. The number of nitrogens with zero attached hydrogens (tertiary/aromatic N) is 1. The van der Waals surface area contributed by atoms with Crippen molar-refractivity contribution in [2.24, 2.45) is 5.92 Å². The normalized spacial score (nSPS) is 16.2. The molecule has 0 bridgehead atoms. The third kappa shape index (κ3) is 2.78. The smallest absolute Gasteiger partial charge is 0.195 e. The SMILES string of the molecule is c1ccc(-c2ccc3oc(CC4CCCCC4)nc3c2)cc1. The fourth-order valence-corrected chi connectivity index (χ4v) is 3.51. The van der Waals surface area contributed by atoms with E-state index in [4.69, 9.17) is 9.40 Å². The second-order valence-electron chi connectivity index (χ2n) is 6.36. The van der Waals surface area contributed by atoms with Crippen LogP contribution in [-0.4, -0.2) is 4.98 Å². The lowest BCUT2D eigenvalue weighted by Crippen LogP contribution is -2.09. The lowest BCUT2D eigenvalue weighted by atomic mass is 9.87. The summed E-state index contributed by atoms with van der Waals surface area (Å²) in [5.74, 6) is 1.67. The fourth-order valence-electron chi connectivity index (χ4n) is 3.51. The first-order valence-corrected chi connectivity index (χ1v) is 8.33. The molecule has 1 fully saturated rings. The third-order valence-electron chi connectivity index (χ3n) is 4.73. The molecule has 1 heterocycles. The Hall–Kier alpha value is -2.09. The van der Waals surface area contributed by atoms with Crippen molar-refractivity contribution in [3.8, 4) is 11.1 Å². The molecule has 0 atom stereocenters. The lowest BCUT2D eigenvalue weighted by molar-refractivity contribution is 0.332. The number of fused-ring (bicyclic) bond motifs is 1. The van der Waals surface area contributed by atoms with Gasteiger partial charge in [0, 0.05) is 6.42 Å². The van der Waals surface area contributed by atoms with Gasteiger partial charge < -0.3 is 4.42 Å². The van der Waals surface area contributed by atoms with Crippen LogP contribution in [-0.2, 0) is 6.42 Å². The van der Waals surface area contributed by atoms with Crippen LogP contribution in [0.5, 0.6) is 0 Å². The Morgan fingerprint density at radius 3 is 2.55 bits per heavy atom. The summed E-state index contributed by atoms with van der Waals surface area (Å²) in [5.41, 5.74) is 4.31. The molecule has 0 N–H and O–H groups in total. The zero-order chi connectivity index (χ0) is 14.8. The predicted molar refractivity (Wildman–Crippen MR) is 89.7 cm³/mol. The molecule has 2 aromatic carbocycles. The topological polar surface area (TPSA) is 26.0 Å². The van der Waals surface area contributed by atoms with E-state index in [-0.39, 0.29) is 0 Å². The van der Waals surface area contributed by atoms with Crippen molar-refractivity contribution >= 4 is 11.1 Å². The van der Waals surface area contributed by atoms with E-state index >= 15 is 0 Å². The standard InChI is InChI=1S/C20H21NO/c1-3-7-15(8-4-1)13-20-21-18-14-17(11-12-19(18)22-20)16-9-5-2-6-10-16/h2,5-6,9-12,14-15H,1,3-4,7-8,13H2. The van der Waals surface area contributed by atoms with Gasteiger partial charge in [0.2, 0.25) is 0 Å². The first-order chi connectivity index (χ1) is 10.9. The van der Waals surface area contributed by atoms with Crippen molar-refractivity contribution in [2.45, 2.75) is 38.5 Å². The lowest BCUT2D eigenvalue weighted by Gasteiger charge is -2.19. The van der Waals surface area contributed by atoms with Crippen LogP contribution in [0.4, 0.5) is 0 Å². The molecule has 2 nitrogen and oxygen atoms in total. The van der Waals surface area contributed by atoms with Gasteiger partial charge in [0.15, 0.2) is 11.5 Å². The van der Waals surface area contributed by atoms with E-state index in [0.717, 1.165) is 29.3 Å². The maximum absolute atomic E-state index is 5.95. The Morgan fingerprint density at radius 2 is 1.73 bits per heavy atom. The van der Waals surface area contributed by atoms with Crippen LogP contribution in [0.15, 0.2) is 52.9 Å². The highest BCUT2D eigenvalue weighted by Crippen LogP contribution is 2.29. The van der Waals surface area contributed by atoms with E-state index in [9.17, 15) is 0 Å². The van der Waals surface area contributed by atoms with Gasteiger partial charge in [-0.25, -0.2) is 4.98 Å². The Kier molecular flexibility index (Phi) is 3.67. The summed E-state index contributed by atoms with van der Waals surface area (Å²) >= 11 is 0. The molecular weight excluding hydrogens is 270 g/mol. The zero-order valence-corrected chi connectivity index (χ0v) is 12.8. The zero-order valence-electron chi connectivity index (χ0n) is 12.8. The first-order valence-electron chi connectivity index (χ1n) is 8.33. The highest BCUT2D eigenvalue weighted by Gasteiger charge is 2.17. The average Bonchev–Trinajstić information content (AvgIpc) is 2.98. The molecule has 4 rings (SSSR count). The second kappa shape index (κ2) is 5.96. The molecule has 0 aliphatic heterocycles. The predicted octanol–water partition coefficient (Wildman–Crippen LogP) is 5.62. The fraction of sp³-hybridized carbons (Fsp3) is 0.350. The van der Waals surface area contributed by atoms with Crippen molar-refractivity contribution < 1.29 is 4.42 Å². The van der Waals surface area contributed by atoms with Crippen molar-refractivity contribution in [3.05, 3.63) is 54.4 Å². The van der Waals surface area contributed by atoms with Crippen LogP contribution in [0.25, 0.3) is 22.2 Å². The van der Waals surface area contributed by atoms with Gasteiger partial charge in [-0.05, 0) is 42.0 Å². The van der Waals surface area contributed by atoms with Crippen molar-refractivity contribution in [3.63, 3.8) is 0 Å². The largest absolute Gasteiger partial charge is 0.441 e. The molecule has 1 aliphatic rings. The van der Waals surface area contributed by atoms with Crippen LogP contribution >= 0.6 is 0 Å². The van der Waals surface area contributed by atoms with E-state index < -0.39 is 0 Å². The van der Waals surface area contributed by atoms with Crippen LogP contribution in [0, 0.1) is 5.92 Å². The maximum Gasteiger partial charge on any atom is 0.195 e.